The number of thiazole rings is 1. The largest absolute Gasteiger partial charge is 0.351 e. The second-order valence-electron chi connectivity index (χ2n) is 5.26. The molecule has 0 aliphatic heterocycles. The standard InChI is InChI=1S/C17H17N3O2S/c1-2-12(13-6-4-3-5-7-13)10-18-15(21)14-11-19-17-20(16(14)22)8-9-23-17/h3-9,11-12H,2,10H2,1H3,(H,18,21)/t12-/m0/s1. The zero-order valence-corrected chi connectivity index (χ0v) is 13.5. The molecule has 23 heavy (non-hydrogen) atoms. The van der Waals surface area contributed by atoms with E-state index in [2.05, 4.69) is 17.2 Å². The van der Waals surface area contributed by atoms with Crippen LogP contribution in [-0.2, 0) is 0 Å². The van der Waals surface area contributed by atoms with E-state index >= 15 is 0 Å². The first kappa shape index (κ1) is 15.4. The van der Waals surface area contributed by atoms with E-state index in [4.69, 9.17) is 0 Å². The summed E-state index contributed by atoms with van der Waals surface area (Å²) < 4.78 is 1.40. The number of fused-ring (bicyclic) bond motifs is 1. The van der Waals surface area contributed by atoms with E-state index in [1.54, 1.807) is 11.6 Å². The summed E-state index contributed by atoms with van der Waals surface area (Å²) in [4.78, 5) is 29.3. The average Bonchev–Trinajstić information content (AvgIpc) is 3.06. The molecule has 5 nitrogen and oxygen atoms in total. The van der Waals surface area contributed by atoms with Crippen molar-refractivity contribution in [3.63, 3.8) is 0 Å². The highest BCUT2D eigenvalue weighted by Gasteiger charge is 2.16. The lowest BCUT2D eigenvalue weighted by atomic mass is 9.96. The predicted molar refractivity (Wildman–Crippen MR) is 91.1 cm³/mol. The Morgan fingerprint density at radius 1 is 1.35 bits per heavy atom. The van der Waals surface area contributed by atoms with Crippen LogP contribution in [0.2, 0.25) is 0 Å². The fourth-order valence-electron chi connectivity index (χ4n) is 2.51. The summed E-state index contributed by atoms with van der Waals surface area (Å²) in [7, 11) is 0. The van der Waals surface area contributed by atoms with Gasteiger partial charge in [0.05, 0.1) is 0 Å². The van der Waals surface area contributed by atoms with Crippen molar-refractivity contribution in [3.05, 3.63) is 69.6 Å². The fraction of sp³-hybridized carbons (Fsp3) is 0.235. The second kappa shape index (κ2) is 6.75. The number of nitrogens with zero attached hydrogens (tertiary/aromatic N) is 2. The Labute approximate surface area is 137 Å². The molecule has 2 heterocycles. The number of carbonyl (C=O) groups is 1. The van der Waals surface area contributed by atoms with Crippen molar-refractivity contribution in [1.29, 1.82) is 0 Å². The second-order valence-corrected chi connectivity index (χ2v) is 6.13. The van der Waals surface area contributed by atoms with Gasteiger partial charge in [0, 0.05) is 30.2 Å². The van der Waals surface area contributed by atoms with Crippen molar-refractivity contribution < 1.29 is 4.79 Å². The van der Waals surface area contributed by atoms with Crippen LogP contribution in [0.1, 0.15) is 35.2 Å². The van der Waals surface area contributed by atoms with Gasteiger partial charge in [-0.2, -0.15) is 0 Å². The molecule has 0 fully saturated rings. The SMILES string of the molecule is CC[C@@H](CNC(=O)c1cnc2sccn2c1=O)c1ccccc1. The molecule has 6 heteroatoms. The molecule has 0 saturated carbocycles. The molecule has 0 unspecified atom stereocenters. The van der Waals surface area contributed by atoms with Crippen molar-refractivity contribution in [1.82, 2.24) is 14.7 Å². The molecule has 118 valence electrons. The zero-order valence-electron chi connectivity index (χ0n) is 12.7. The molecule has 3 aromatic rings. The van der Waals surface area contributed by atoms with Crippen molar-refractivity contribution in [2.24, 2.45) is 0 Å². The van der Waals surface area contributed by atoms with E-state index in [1.165, 1.54) is 27.5 Å². The van der Waals surface area contributed by atoms with Crippen molar-refractivity contribution in [2.75, 3.05) is 6.54 Å². The first-order chi connectivity index (χ1) is 11.2. The molecular formula is C17H17N3O2S. The Hall–Kier alpha value is -2.47. The molecule has 3 rings (SSSR count). The van der Waals surface area contributed by atoms with Gasteiger partial charge in [-0.05, 0) is 12.0 Å². The highest BCUT2D eigenvalue weighted by molar-refractivity contribution is 7.15. The Bertz CT molecular complexity index is 870. The Morgan fingerprint density at radius 3 is 2.87 bits per heavy atom. The van der Waals surface area contributed by atoms with E-state index in [0.717, 1.165) is 6.42 Å². The minimum atomic E-state index is -0.377. The number of amides is 1. The third-order valence-corrected chi connectivity index (χ3v) is 4.63. The smallest absolute Gasteiger partial charge is 0.271 e. The molecule has 2 aromatic heterocycles. The molecule has 1 aromatic carbocycles. The first-order valence-corrected chi connectivity index (χ1v) is 8.36. The van der Waals surface area contributed by atoms with Crippen LogP contribution in [-0.4, -0.2) is 21.8 Å². The number of nitrogens with one attached hydrogen (secondary N) is 1. The van der Waals surface area contributed by atoms with Crippen LogP contribution in [0.4, 0.5) is 0 Å². The van der Waals surface area contributed by atoms with Gasteiger partial charge in [0.25, 0.3) is 11.5 Å². The van der Waals surface area contributed by atoms with Crippen LogP contribution in [0.5, 0.6) is 0 Å². The van der Waals surface area contributed by atoms with Crippen molar-refractivity contribution in [2.45, 2.75) is 19.3 Å². The molecule has 0 aliphatic carbocycles. The lowest BCUT2D eigenvalue weighted by molar-refractivity contribution is 0.0949. The fourth-order valence-corrected chi connectivity index (χ4v) is 3.19. The first-order valence-electron chi connectivity index (χ1n) is 7.48. The van der Waals surface area contributed by atoms with Gasteiger partial charge in [0.1, 0.15) is 5.56 Å². The number of benzene rings is 1. The van der Waals surface area contributed by atoms with Gasteiger partial charge in [0.15, 0.2) is 4.96 Å². The van der Waals surface area contributed by atoms with Crippen molar-refractivity contribution >= 4 is 22.2 Å². The monoisotopic (exact) mass is 327 g/mol. The predicted octanol–water partition coefficient (Wildman–Crippen LogP) is 2.68. The van der Waals surface area contributed by atoms with Crippen LogP contribution in [0, 0.1) is 0 Å². The molecule has 1 amide bonds. The van der Waals surface area contributed by atoms with Gasteiger partial charge in [-0.1, -0.05) is 37.3 Å². The Morgan fingerprint density at radius 2 is 2.13 bits per heavy atom. The summed E-state index contributed by atoms with van der Waals surface area (Å²) in [6, 6.07) is 10.0. The quantitative estimate of drug-likeness (QED) is 0.783. The molecule has 0 aliphatic rings. The molecule has 0 bridgehead atoms. The van der Waals surface area contributed by atoms with Gasteiger partial charge in [-0.25, -0.2) is 4.98 Å². The molecule has 0 radical (unpaired) electrons. The summed E-state index contributed by atoms with van der Waals surface area (Å²) in [5.41, 5.74) is 0.920. The number of hydrogen-bond acceptors (Lipinski definition) is 4. The number of rotatable bonds is 5. The van der Waals surface area contributed by atoms with Crippen LogP contribution in [0.25, 0.3) is 4.96 Å². The summed E-state index contributed by atoms with van der Waals surface area (Å²) in [6.07, 6.45) is 3.89. The zero-order chi connectivity index (χ0) is 16.2. The Balaban J connectivity index is 1.75. The van der Waals surface area contributed by atoms with Gasteiger partial charge in [-0.15, -0.1) is 11.3 Å². The van der Waals surface area contributed by atoms with Crippen LogP contribution in [0.3, 0.4) is 0 Å². The summed E-state index contributed by atoms with van der Waals surface area (Å²) in [6.45, 7) is 2.57. The lowest BCUT2D eigenvalue weighted by Gasteiger charge is -2.16. The number of hydrogen-bond donors (Lipinski definition) is 1. The lowest BCUT2D eigenvalue weighted by Crippen LogP contribution is -2.33. The van der Waals surface area contributed by atoms with Gasteiger partial charge in [0.2, 0.25) is 0 Å². The van der Waals surface area contributed by atoms with E-state index in [9.17, 15) is 9.59 Å². The van der Waals surface area contributed by atoms with E-state index in [0.29, 0.717) is 11.5 Å². The summed E-state index contributed by atoms with van der Waals surface area (Å²) in [5, 5.41) is 4.63. The topological polar surface area (TPSA) is 63.5 Å². The van der Waals surface area contributed by atoms with Crippen LogP contribution >= 0.6 is 11.3 Å². The highest BCUT2D eigenvalue weighted by Crippen LogP contribution is 2.18. The number of carbonyl (C=O) groups excluding carboxylic acids is 1. The maximum Gasteiger partial charge on any atom is 0.271 e. The third kappa shape index (κ3) is 3.17. The van der Waals surface area contributed by atoms with E-state index in [1.807, 2.05) is 30.3 Å². The molecule has 1 N–H and O–H groups in total. The minimum Gasteiger partial charge on any atom is -0.351 e. The molecular weight excluding hydrogens is 310 g/mol. The summed E-state index contributed by atoms with van der Waals surface area (Å²) >= 11 is 1.36. The minimum absolute atomic E-state index is 0.0730. The number of aromatic nitrogens is 2. The van der Waals surface area contributed by atoms with Gasteiger partial charge >= 0.3 is 0 Å². The highest BCUT2D eigenvalue weighted by atomic mass is 32.1. The maximum atomic E-state index is 12.3. The Kier molecular flexibility index (Phi) is 4.52. The maximum absolute atomic E-state index is 12.3. The molecule has 0 spiro atoms. The van der Waals surface area contributed by atoms with E-state index < -0.39 is 0 Å². The van der Waals surface area contributed by atoms with E-state index in [-0.39, 0.29) is 22.9 Å². The van der Waals surface area contributed by atoms with Gasteiger partial charge < -0.3 is 5.32 Å². The van der Waals surface area contributed by atoms with Gasteiger partial charge in [-0.3, -0.25) is 14.0 Å². The molecule has 0 saturated heterocycles. The molecule has 1 atom stereocenters. The normalized spacial score (nSPS) is 12.2. The third-order valence-electron chi connectivity index (χ3n) is 3.86. The van der Waals surface area contributed by atoms with Crippen LogP contribution < -0.4 is 10.9 Å². The van der Waals surface area contributed by atoms with Crippen LogP contribution in [0.15, 0.2) is 52.9 Å². The van der Waals surface area contributed by atoms with Crippen molar-refractivity contribution in [3.8, 4) is 0 Å². The average molecular weight is 327 g/mol. The summed E-state index contributed by atoms with van der Waals surface area (Å²) in [5.74, 6) is -0.154.